The Labute approximate surface area is 150 Å². The number of nitro groups is 1. The Kier molecular flexibility index (Phi) is 5.73. The average Bonchev–Trinajstić information content (AvgIpc) is 2.60. The second kappa shape index (κ2) is 7.81. The standard InChI is InChI=1S/C16H13F3N2O6/c1-25-13-7-11(12(21(23)24)8-14(13)26-2)15(22)20-9-3-5-10(6-4-9)27-16(17,18)19/h3-8H,1-2H3,(H,20,22). The molecule has 1 N–H and O–H groups in total. The van der Waals surface area contributed by atoms with Crippen molar-refractivity contribution >= 4 is 17.3 Å². The third-order valence-electron chi connectivity index (χ3n) is 3.29. The van der Waals surface area contributed by atoms with E-state index in [1.807, 2.05) is 0 Å². The molecule has 0 aliphatic rings. The fraction of sp³-hybridized carbons (Fsp3) is 0.188. The van der Waals surface area contributed by atoms with Crippen molar-refractivity contribution in [3.8, 4) is 17.2 Å². The molecule has 11 heteroatoms. The molecule has 0 fully saturated rings. The monoisotopic (exact) mass is 386 g/mol. The summed E-state index contributed by atoms with van der Waals surface area (Å²) >= 11 is 0. The van der Waals surface area contributed by atoms with Crippen molar-refractivity contribution in [1.82, 2.24) is 0 Å². The van der Waals surface area contributed by atoms with Crippen molar-refractivity contribution in [2.45, 2.75) is 6.36 Å². The molecular formula is C16H13F3N2O6. The van der Waals surface area contributed by atoms with E-state index in [0.29, 0.717) is 0 Å². The summed E-state index contributed by atoms with van der Waals surface area (Å²) in [6, 6.07) is 6.47. The number of alkyl halides is 3. The van der Waals surface area contributed by atoms with Crippen LogP contribution in [-0.2, 0) is 0 Å². The van der Waals surface area contributed by atoms with Gasteiger partial charge in [0.1, 0.15) is 11.3 Å². The molecule has 8 nitrogen and oxygen atoms in total. The van der Waals surface area contributed by atoms with Gasteiger partial charge in [-0.15, -0.1) is 13.2 Å². The number of nitro benzene ring substituents is 1. The number of carbonyl (C=O) groups is 1. The number of rotatable bonds is 6. The zero-order valence-corrected chi connectivity index (χ0v) is 14.0. The molecule has 0 saturated carbocycles. The quantitative estimate of drug-likeness (QED) is 0.599. The SMILES string of the molecule is COc1cc(C(=O)Nc2ccc(OC(F)(F)F)cc2)c([N+](=O)[O-])cc1OC. The van der Waals surface area contributed by atoms with Crippen molar-refractivity contribution < 1.29 is 37.1 Å². The lowest BCUT2D eigenvalue weighted by molar-refractivity contribution is -0.385. The summed E-state index contributed by atoms with van der Waals surface area (Å²) in [6.45, 7) is 0. The minimum Gasteiger partial charge on any atom is -0.493 e. The summed E-state index contributed by atoms with van der Waals surface area (Å²) in [5, 5.41) is 13.6. The molecule has 0 atom stereocenters. The van der Waals surface area contributed by atoms with E-state index in [4.69, 9.17) is 9.47 Å². The number of amides is 1. The van der Waals surface area contributed by atoms with Crippen molar-refractivity contribution in [1.29, 1.82) is 0 Å². The summed E-state index contributed by atoms with van der Waals surface area (Å²) in [5.74, 6) is -1.17. The Balaban J connectivity index is 2.28. The lowest BCUT2D eigenvalue weighted by atomic mass is 10.1. The lowest BCUT2D eigenvalue weighted by Gasteiger charge is -2.12. The smallest absolute Gasteiger partial charge is 0.493 e. The Morgan fingerprint density at radius 3 is 2.11 bits per heavy atom. The summed E-state index contributed by atoms with van der Waals surface area (Å²) in [7, 11) is 2.58. The van der Waals surface area contributed by atoms with E-state index in [2.05, 4.69) is 10.1 Å². The van der Waals surface area contributed by atoms with Gasteiger partial charge in [-0.2, -0.15) is 0 Å². The van der Waals surface area contributed by atoms with Crippen LogP contribution in [0, 0.1) is 10.1 Å². The summed E-state index contributed by atoms with van der Waals surface area (Å²) in [4.78, 5) is 22.9. The maximum Gasteiger partial charge on any atom is 0.573 e. The highest BCUT2D eigenvalue weighted by Crippen LogP contribution is 2.35. The molecule has 0 aliphatic heterocycles. The third-order valence-corrected chi connectivity index (χ3v) is 3.29. The molecule has 2 rings (SSSR count). The number of ether oxygens (including phenoxy) is 3. The Hall–Kier alpha value is -3.50. The molecule has 0 unspecified atom stereocenters. The van der Waals surface area contributed by atoms with Crippen LogP contribution in [0.4, 0.5) is 24.5 Å². The van der Waals surface area contributed by atoms with Gasteiger partial charge in [0, 0.05) is 11.8 Å². The topological polar surface area (TPSA) is 99.9 Å². The molecular weight excluding hydrogens is 373 g/mol. The van der Waals surface area contributed by atoms with Crippen LogP contribution in [0.5, 0.6) is 17.2 Å². The number of carbonyl (C=O) groups excluding carboxylic acids is 1. The first-order valence-corrected chi connectivity index (χ1v) is 7.22. The maximum absolute atomic E-state index is 12.4. The van der Waals surface area contributed by atoms with E-state index in [9.17, 15) is 28.1 Å². The van der Waals surface area contributed by atoms with E-state index >= 15 is 0 Å². The fourth-order valence-electron chi connectivity index (χ4n) is 2.14. The zero-order valence-electron chi connectivity index (χ0n) is 14.0. The van der Waals surface area contributed by atoms with Crippen molar-refractivity contribution in [2.24, 2.45) is 0 Å². The molecule has 0 heterocycles. The highest BCUT2D eigenvalue weighted by atomic mass is 19.4. The lowest BCUT2D eigenvalue weighted by Crippen LogP contribution is -2.17. The Morgan fingerprint density at radius 2 is 1.63 bits per heavy atom. The fourth-order valence-corrected chi connectivity index (χ4v) is 2.14. The van der Waals surface area contributed by atoms with Gasteiger partial charge >= 0.3 is 6.36 Å². The van der Waals surface area contributed by atoms with Crippen molar-refractivity contribution in [3.05, 3.63) is 52.1 Å². The molecule has 0 spiro atoms. The highest BCUT2D eigenvalue weighted by molar-refractivity contribution is 6.07. The van der Waals surface area contributed by atoms with Gasteiger partial charge in [-0.25, -0.2) is 0 Å². The van der Waals surface area contributed by atoms with Crippen molar-refractivity contribution in [2.75, 3.05) is 19.5 Å². The Morgan fingerprint density at radius 1 is 1.07 bits per heavy atom. The van der Waals surface area contributed by atoms with Crippen LogP contribution in [0.2, 0.25) is 0 Å². The maximum atomic E-state index is 12.4. The van der Waals surface area contributed by atoms with Gasteiger partial charge in [0.2, 0.25) is 0 Å². The van der Waals surface area contributed by atoms with Gasteiger partial charge < -0.3 is 19.5 Å². The van der Waals surface area contributed by atoms with Crippen LogP contribution < -0.4 is 19.5 Å². The van der Waals surface area contributed by atoms with Crippen LogP contribution in [-0.4, -0.2) is 31.4 Å². The number of hydrogen-bond donors (Lipinski definition) is 1. The molecule has 0 aliphatic carbocycles. The normalized spacial score (nSPS) is 10.9. The van der Waals surface area contributed by atoms with Gasteiger partial charge in [0.25, 0.3) is 11.6 Å². The number of benzene rings is 2. The second-order valence-electron chi connectivity index (χ2n) is 5.01. The van der Waals surface area contributed by atoms with Crippen LogP contribution in [0.15, 0.2) is 36.4 Å². The molecule has 27 heavy (non-hydrogen) atoms. The van der Waals surface area contributed by atoms with Gasteiger partial charge in [-0.1, -0.05) is 0 Å². The molecule has 1 amide bonds. The first kappa shape index (κ1) is 19.8. The summed E-state index contributed by atoms with van der Waals surface area (Å²) < 4.78 is 50.2. The minimum atomic E-state index is -4.84. The first-order chi connectivity index (χ1) is 12.6. The number of nitrogens with one attached hydrogen (secondary N) is 1. The van der Waals surface area contributed by atoms with Crippen molar-refractivity contribution in [3.63, 3.8) is 0 Å². The molecule has 144 valence electrons. The van der Waals surface area contributed by atoms with Gasteiger partial charge in [-0.3, -0.25) is 14.9 Å². The third kappa shape index (κ3) is 5.00. The molecule has 0 aromatic heterocycles. The Bertz CT molecular complexity index is 852. The predicted molar refractivity (Wildman–Crippen MR) is 87.3 cm³/mol. The molecule has 0 radical (unpaired) electrons. The average molecular weight is 386 g/mol. The summed E-state index contributed by atoms with van der Waals surface area (Å²) in [6.07, 6.45) is -4.84. The summed E-state index contributed by atoms with van der Waals surface area (Å²) in [5.41, 5.74) is -0.728. The largest absolute Gasteiger partial charge is 0.573 e. The van der Waals surface area contributed by atoms with Crippen LogP contribution in [0.25, 0.3) is 0 Å². The van der Waals surface area contributed by atoms with Gasteiger partial charge in [-0.05, 0) is 24.3 Å². The van der Waals surface area contributed by atoms with Gasteiger partial charge in [0.05, 0.1) is 25.2 Å². The number of hydrogen-bond acceptors (Lipinski definition) is 6. The first-order valence-electron chi connectivity index (χ1n) is 7.22. The van der Waals surface area contributed by atoms with E-state index in [1.54, 1.807) is 0 Å². The highest BCUT2D eigenvalue weighted by Gasteiger charge is 2.31. The molecule has 0 saturated heterocycles. The zero-order chi connectivity index (χ0) is 20.2. The molecule has 2 aromatic carbocycles. The number of anilines is 1. The van der Waals surface area contributed by atoms with E-state index < -0.39 is 28.6 Å². The number of nitrogens with zero attached hydrogens (tertiary/aromatic N) is 1. The van der Waals surface area contributed by atoms with Crippen LogP contribution in [0.3, 0.4) is 0 Å². The van der Waals surface area contributed by atoms with Crippen LogP contribution in [0.1, 0.15) is 10.4 Å². The van der Waals surface area contributed by atoms with E-state index in [-0.39, 0.29) is 22.7 Å². The predicted octanol–water partition coefficient (Wildman–Crippen LogP) is 3.76. The number of methoxy groups -OCH3 is 2. The molecule has 2 aromatic rings. The number of halogens is 3. The van der Waals surface area contributed by atoms with E-state index in [0.717, 1.165) is 36.4 Å². The van der Waals surface area contributed by atoms with Gasteiger partial charge in [0.15, 0.2) is 11.5 Å². The second-order valence-corrected chi connectivity index (χ2v) is 5.01. The molecule has 0 bridgehead atoms. The van der Waals surface area contributed by atoms with E-state index in [1.165, 1.54) is 14.2 Å². The van der Waals surface area contributed by atoms with Crippen LogP contribution >= 0.6 is 0 Å². The minimum absolute atomic E-state index is 0.0643.